The number of rotatable bonds is 2. The average molecular weight is 287 g/mol. The first-order valence-corrected chi connectivity index (χ1v) is 5.89. The van der Waals surface area contributed by atoms with E-state index in [1.165, 1.54) is 18.2 Å². The van der Waals surface area contributed by atoms with Crippen molar-refractivity contribution in [2.45, 2.75) is 0 Å². The number of aliphatic hydroxyl groups excluding tert-OH is 1. The Morgan fingerprint density at radius 2 is 2.14 bits per heavy atom. The van der Waals surface area contributed by atoms with Crippen molar-refractivity contribution in [2.75, 3.05) is 11.9 Å². The number of benzene rings is 1. The molecule has 0 bridgehead atoms. The fourth-order valence-electron chi connectivity index (χ4n) is 1.52. The van der Waals surface area contributed by atoms with E-state index in [1.807, 2.05) is 0 Å². The lowest BCUT2D eigenvalue weighted by molar-refractivity contribution is 0.102. The van der Waals surface area contributed by atoms with Crippen LogP contribution in [0, 0.1) is 17.7 Å². The van der Waals surface area contributed by atoms with Gasteiger partial charge in [0, 0.05) is 11.8 Å². The van der Waals surface area contributed by atoms with Gasteiger partial charge in [-0.05, 0) is 24.3 Å². The Kier molecular flexibility index (Phi) is 4.49. The molecule has 0 aliphatic heterocycles. The zero-order chi connectivity index (χ0) is 15.2. The minimum Gasteiger partial charge on any atom is -0.430 e. The van der Waals surface area contributed by atoms with Crippen molar-refractivity contribution >= 4 is 11.6 Å². The molecule has 2 N–H and O–H groups in total. The molecular formula is C15H10FNO4. The molecule has 0 unspecified atom stereocenters. The quantitative estimate of drug-likeness (QED) is 0.818. The summed E-state index contributed by atoms with van der Waals surface area (Å²) < 4.78 is 18.0. The Labute approximate surface area is 119 Å². The van der Waals surface area contributed by atoms with Crippen LogP contribution in [0.4, 0.5) is 10.1 Å². The predicted octanol–water partition coefficient (Wildman–Crippen LogP) is 1.38. The van der Waals surface area contributed by atoms with Gasteiger partial charge >= 0.3 is 5.63 Å². The maximum Gasteiger partial charge on any atom is 0.335 e. The summed E-state index contributed by atoms with van der Waals surface area (Å²) in [6.07, 6.45) is 1.04. The molecule has 0 aliphatic carbocycles. The SMILES string of the molecule is O=C(Nc1ccc(F)c(C#CCO)c1)c1ccc(=O)oc1. The molecule has 5 nitrogen and oxygen atoms in total. The Balaban J connectivity index is 2.21. The third-order valence-corrected chi connectivity index (χ3v) is 2.49. The van der Waals surface area contributed by atoms with E-state index in [-0.39, 0.29) is 17.7 Å². The summed E-state index contributed by atoms with van der Waals surface area (Å²) in [5, 5.41) is 11.1. The van der Waals surface area contributed by atoms with Gasteiger partial charge in [0.25, 0.3) is 5.91 Å². The standard InChI is InChI=1S/C15H10FNO4/c16-13-5-4-12(8-10(13)2-1-7-18)17-15(20)11-3-6-14(19)21-9-11/h3-6,8-9,18H,7H2,(H,17,20). The molecule has 0 fully saturated rings. The highest BCUT2D eigenvalue weighted by Gasteiger charge is 2.08. The molecule has 6 heteroatoms. The number of amides is 1. The normalized spacial score (nSPS) is 9.62. The monoisotopic (exact) mass is 287 g/mol. The number of hydrogen-bond acceptors (Lipinski definition) is 4. The number of halogens is 1. The van der Waals surface area contributed by atoms with Crippen LogP contribution in [0.3, 0.4) is 0 Å². The fraction of sp³-hybridized carbons (Fsp3) is 0.0667. The van der Waals surface area contributed by atoms with Gasteiger partial charge in [0.05, 0.1) is 11.1 Å². The number of nitrogens with one attached hydrogen (secondary N) is 1. The molecule has 1 aromatic heterocycles. The molecule has 0 saturated carbocycles. The molecule has 21 heavy (non-hydrogen) atoms. The van der Waals surface area contributed by atoms with Crippen LogP contribution < -0.4 is 10.9 Å². The van der Waals surface area contributed by atoms with Crippen molar-refractivity contribution in [1.82, 2.24) is 0 Å². The number of carbonyl (C=O) groups is 1. The molecule has 0 atom stereocenters. The highest BCUT2D eigenvalue weighted by atomic mass is 19.1. The second-order valence-corrected chi connectivity index (χ2v) is 3.95. The summed E-state index contributed by atoms with van der Waals surface area (Å²) >= 11 is 0. The lowest BCUT2D eigenvalue weighted by atomic mass is 10.2. The molecule has 0 aliphatic rings. The molecule has 2 rings (SSSR count). The Hall–Kier alpha value is -2.91. The zero-order valence-corrected chi connectivity index (χ0v) is 10.7. The maximum absolute atomic E-state index is 13.5. The van der Waals surface area contributed by atoms with E-state index in [0.717, 1.165) is 18.4 Å². The first-order chi connectivity index (χ1) is 10.1. The van der Waals surface area contributed by atoms with E-state index >= 15 is 0 Å². The summed E-state index contributed by atoms with van der Waals surface area (Å²) in [5.41, 5.74) is -0.0203. The van der Waals surface area contributed by atoms with Crippen LogP contribution >= 0.6 is 0 Å². The van der Waals surface area contributed by atoms with E-state index in [2.05, 4.69) is 21.6 Å². The van der Waals surface area contributed by atoms with Gasteiger partial charge in [-0.2, -0.15) is 0 Å². The number of hydrogen-bond donors (Lipinski definition) is 2. The van der Waals surface area contributed by atoms with Crippen molar-refractivity contribution in [3.63, 3.8) is 0 Å². The number of anilines is 1. The van der Waals surface area contributed by atoms with Gasteiger partial charge in [0.15, 0.2) is 0 Å². The van der Waals surface area contributed by atoms with E-state index in [0.29, 0.717) is 5.69 Å². The largest absolute Gasteiger partial charge is 0.430 e. The minimum atomic E-state index is -0.560. The van der Waals surface area contributed by atoms with Crippen LogP contribution in [0.1, 0.15) is 15.9 Å². The molecule has 1 amide bonds. The van der Waals surface area contributed by atoms with E-state index in [1.54, 1.807) is 0 Å². The molecule has 1 aromatic carbocycles. The van der Waals surface area contributed by atoms with Crippen molar-refractivity contribution < 1.29 is 18.7 Å². The van der Waals surface area contributed by atoms with Crippen LogP contribution in [-0.4, -0.2) is 17.6 Å². The zero-order valence-electron chi connectivity index (χ0n) is 10.7. The third-order valence-electron chi connectivity index (χ3n) is 2.49. The first-order valence-electron chi connectivity index (χ1n) is 5.89. The van der Waals surface area contributed by atoms with Crippen LogP contribution in [0.5, 0.6) is 0 Å². The molecular weight excluding hydrogens is 277 g/mol. The second kappa shape index (κ2) is 6.50. The van der Waals surface area contributed by atoms with Gasteiger partial charge in [-0.25, -0.2) is 9.18 Å². The predicted molar refractivity (Wildman–Crippen MR) is 73.3 cm³/mol. The van der Waals surface area contributed by atoms with Crippen LogP contribution in [-0.2, 0) is 0 Å². The molecule has 1 heterocycles. The van der Waals surface area contributed by atoms with Gasteiger partial charge in [0.1, 0.15) is 18.7 Å². The molecule has 106 valence electrons. The molecule has 2 aromatic rings. The van der Waals surface area contributed by atoms with Crippen molar-refractivity contribution in [1.29, 1.82) is 0 Å². The van der Waals surface area contributed by atoms with Crippen LogP contribution in [0.15, 0.2) is 45.8 Å². The highest BCUT2D eigenvalue weighted by molar-refractivity contribution is 6.03. The Bertz CT molecular complexity index is 766. The average Bonchev–Trinajstić information content (AvgIpc) is 2.48. The topological polar surface area (TPSA) is 79.5 Å². The summed E-state index contributed by atoms with van der Waals surface area (Å²) in [7, 11) is 0. The van der Waals surface area contributed by atoms with Gasteiger partial charge in [0.2, 0.25) is 0 Å². The van der Waals surface area contributed by atoms with Crippen LogP contribution in [0.2, 0.25) is 0 Å². The Morgan fingerprint density at radius 3 is 2.81 bits per heavy atom. The van der Waals surface area contributed by atoms with Gasteiger partial charge < -0.3 is 14.8 Å². The number of aliphatic hydroxyl groups is 1. The summed E-state index contributed by atoms with van der Waals surface area (Å²) in [5.74, 6) is 3.70. The van der Waals surface area contributed by atoms with Gasteiger partial charge in [-0.15, -0.1) is 0 Å². The van der Waals surface area contributed by atoms with E-state index in [9.17, 15) is 14.0 Å². The van der Waals surface area contributed by atoms with Gasteiger partial charge in [-0.1, -0.05) is 11.8 Å². The van der Waals surface area contributed by atoms with Crippen molar-refractivity contribution in [3.8, 4) is 11.8 Å². The van der Waals surface area contributed by atoms with Gasteiger partial charge in [-0.3, -0.25) is 4.79 Å². The summed E-state index contributed by atoms with van der Waals surface area (Å²) in [6, 6.07) is 6.31. The lowest BCUT2D eigenvalue weighted by Crippen LogP contribution is -2.13. The third kappa shape index (κ3) is 3.78. The number of carbonyl (C=O) groups excluding carboxylic acids is 1. The maximum atomic E-state index is 13.5. The van der Waals surface area contributed by atoms with Crippen molar-refractivity contribution in [2.24, 2.45) is 0 Å². The van der Waals surface area contributed by atoms with Crippen molar-refractivity contribution in [3.05, 3.63) is 64.0 Å². The van der Waals surface area contributed by atoms with Crippen LogP contribution in [0.25, 0.3) is 0 Å². The molecule has 0 spiro atoms. The highest BCUT2D eigenvalue weighted by Crippen LogP contribution is 2.15. The minimum absolute atomic E-state index is 0.0569. The fourth-order valence-corrected chi connectivity index (χ4v) is 1.52. The summed E-state index contributed by atoms with van der Waals surface area (Å²) in [6.45, 7) is -0.390. The second-order valence-electron chi connectivity index (χ2n) is 3.95. The smallest absolute Gasteiger partial charge is 0.335 e. The molecule has 0 saturated heterocycles. The van der Waals surface area contributed by atoms with E-state index < -0.39 is 17.3 Å². The summed E-state index contributed by atoms with van der Waals surface area (Å²) in [4.78, 5) is 22.7. The van der Waals surface area contributed by atoms with E-state index in [4.69, 9.17) is 5.11 Å². The molecule has 0 radical (unpaired) electrons. The Morgan fingerprint density at radius 1 is 1.33 bits per heavy atom. The first kappa shape index (κ1) is 14.5. The lowest BCUT2D eigenvalue weighted by Gasteiger charge is -2.05.